The molecule has 0 saturated heterocycles. The zero-order valence-electron chi connectivity index (χ0n) is 14.6. The van der Waals surface area contributed by atoms with Crippen LogP contribution in [0.15, 0.2) is 77.7 Å². The third-order valence-electron chi connectivity index (χ3n) is 4.03. The van der Waals surface area contributed by atoms with Gasteiger partial charge in [0.25, 0.3) is 10.0 Å². The van der Waals surface area contributed by atoms with Gasteiger partial charge in [-0.3, -0.25) is 0 Å². The maximum Gasteiger partial charge on any atom is 0.268 e. The van der Waals surface area contributed by atoms with Gasteiger partial charge in [0.1, 0.15) is 0 Å². The Morgan fingerprint density at radius 1 is 0.640 bits per heavy atom. The van der Waals surface area contributed by atoms with E-state index in [1.165, 1.54) is 4.31 Å². The first-order chi connectivity index (χ1) is 11.9. The molecule has 0 radical (unpaired) electrons. The minimum atomic E-state index is -3.72. The molecular formula is C21H21NO2S. The zero-order valence-corrected chi connectivity index (χ0v) is 15.4. The summed E-state index contributed by atoms with van der Waals surface area (Å²) < 4.78 is 28.2. The topological polar surface area (TPSA) is 37.4 Å². The molecule has 25 heavy (non-hydrogen) atoms. The van der Waals surface area contributed by atoms with Crippen molar-refractivity contribution in [3.63, 3.8) is 0 Å². The van der Waals surface area contributed by atoms with Crippen LogP contribution in [-0.2, 0) is 10.0 Å². The van der Waals surface area contributed by atoms with Crippen molar-refractivity contribution in [2.24, 2.45) is 0 Å². The molecule has 128 valence electrons. The van der Waals surface area contributed by atoms with Crippen molar-refractivity contribution in [2.45, 2.75) is 25.7 Å². The fourth-order valence-corrected chi connectivity index (χ4v) is 4.22. The van der Waals surface area contributed by atoms with Crippen LogP contribution in [0.5, 0.6) is 0 Å². The van der Waals surface area contributed by atoms with Crippen molar-refractivity contribution in [1.82, 2.24) is 0 Å². The van der Waals surface area contributed by atoms with Gasteiger partial charge >= 0.3 is 0 Å². The van der Waals surface area contributed by atoms with Crippen LogP contribution in [-0.4, -0.2) is 8.42 Å². The normalized spacial score (nSPS) is 11.3. The Labute approximate surface area is 149 Å². The summed E-state index contributed by atoms with van der Waals surface area (Å²) in [7, 11) is -3.72. The van der Waals surface area contributed by atoms with E-state index in [1.807, 2.05) is 81.4 Å². The maximum absolute atomic E-state index is 13.4. The largest absolute Gasteiger partial charge is 0.268 e. The van der Waals surface area contributed by atoms with E-state index < -0.39 is 10.0 Å². The van der Waals surface area contributed by atoms with E-state index in [1.54, 1.807) is 12.1 Å². The molecule has 3 rings (SSSR count). The van der Waals surface area contributed by atoms with Crippen molar-refractivity contribution in [3.8, 4) is 0 Å². The number of aryl methyl sites for hydroxylation is 3. The van der Waals surface area contributed by atoms with Gasteiger partial charge in [0.2, 0.25) is 0 Å². The maximum atomic E-state index is 13.4. The van der Waals surface area contributed by atoms with E-state index in [2.05, 4.69) is 0 Å². The molecule has 0 fully saturated rings. The molecule has 0 amide bonds. The molecule has 0 N–H and O–H groups in total. The van der Waals surface area contributed by atoms with Crippen molar-refractivity contribution >= 4 is 21.4 Å². The molecule has 0 saturated carbocycles. The first-order valence-corrected chi connectivity index (χ1v) is 9.57. The monoisotopic (exact) mass is 351 g/mol. The Morgan fingerprint density at radius 2 is 1.12 bits per heavy atom. The van der Waals surface area contributed by atoms with Gasteiger partial charge in [-0.1, -0.05) is 42.0 Å². The lowest BCUT2D eigenvalue weighted by Gasteiger charge is -2.25. The summed E-state index contributed by atoms with van der Waals surface area (Å²) in [6.07, 6.45) is 0. The van der Waals surface area contributed by atoms with Crippen LogP contribution in [0.1, 0.15) is 16.7 Å². The first-order valence-electron chi connectivity index (χ1n) is 8.13. The minimum Gasteiger partial charge on any atom is -0.235 e. The highest BCUT2D eigenvalue weighted by Gasteiger charge is 2.26. The van der Waals surface area contributed by atoms with Crippen LogP contribution in [0.4, 0.5) is 11.4 Å². The van der Waals surface area contributed by atoms with Crippen molar-refractivity contribution in [1.29, 1.82) is 0 Å². The molecule has 0 spiro atoms. The molecular weight excluding hydrogens is 330 g/mol. The second kappa shape index (κ2) is 6.73. The van der Waals surface area contributed by atoms with Crippen LogP contribution >= 0.6 is 0 Å². The Morgan fingerprint density at radius 3 is 1.56 bits per heavy atom. The average Bonchev–Trinajstić information content (AvgIpc) is 2.55. The molecule has 0 aliphatic heterocycles. The molecule has 4 heteroatoms. The summed E-state index contributed by atoms with van der Waals surface area (Å²) in [5.74, 6) is 0. The summed E-state index contributed by atoms with van der Waals surface area (Å²) in [6.45, 7) is 5.85. The average molecular weight is 351 g/mol. The Bertz CT molecular complexity index is 947. The second-order valence-corrected chi connectivity index (χ2v) is 8.05. The van der Waals surface area contributed by atoms with Crippen LogP contribution in [0.3, 0.4) is 0 Å². The Kier molecular flexibility index (Phi) is 4.64. The number of hydrogen-bond donors (Lipinski definition) is 0. The van der Waals surface area contributed by atoms with Crippen LogP contribution in [0, 0.1) is 20.8 Å². The number of benzene rings is 3. The highest BCUT2D eigenvalue weighted by Crippen LogP contribution is 2.33. The third-order valence-corrected chi connectivity index (χ3v) is 5.80. The van der Waals surface area contributed by atoms with Gasteiger partial charge in [-0.2, -0.15) is 0 Å². The molecule has 0 aromatic heterocycles. The molecule has 0 bridgehead atoms. The molecule has 3 nitrogen and oxygen atoms in total. The molecule has 3 aromatic rings. The Balaban J connectivity index is 2.22. The molecule has 0 unspecified atom stereocenters. The predicted octanol–water partition coefficient (Wildman–Crippen LogP) is 5.14. The number of rotatable bonds is 4. The van der Waals surface area contributed by atoms with Gasteiger partial charge in [0, 0.05) is 0 Å². The highest BCUT2D eigenvalue weighted by atomic mass is 32.2. The van der Waals surface area contributed by atoms with E-state index >= 15 is 0 Å². The van der Waals surface area contributed by atoms with Gasteiger partial charge in [0.15, 0.2) is 0 Å². The quantitative estimate of drug-likeness (QED) is 0.653. The third kappa shape index (κ3) is 3.59. The standard InChI is InChI=1S/C21H21NO2S/c1-16-10-12-21(13-11-16)25(23,24)22(19-8-4-6-17(2)14-19)20-9-5-7-18(3)15-20/h4-15H,1-3H3. The lowest BCUT2D eigenvalue weighted by Crippen LogP contribution is -2.26. The van der Waals surface area contributed by atoms with Gasteiger partial charge < -0.3 is 0 Å². The summed E-state index contributed by atoms with van der Waals surface area (Å²) in [5, 5.41) is 0. The van der Waals surface area contributed by atoms with E-state index in [-0.39, 0.29) is 4.90 Å². The minimum absolute atomic E-state index is 0.279. The molecule has 0 aliphatic rings. The van der Waals surface area contributed by atoms with Gasteiger partial charge in [0.05, 0.1) is 16.3 Å². The molecule has 0 atom stereocenters. The van der Waals surface area contributed by atoms with Gasteiger partial charge in [-0.05, 0) is 68.3 Å². The number of anilines is 2. The number of sulfonamides is 1. The van der Waals surface area contributed by atoms with Crippen molar-refractivity contribution in [3.05, 3.63) is 89.5 Å². The van der Waals surface area contributed by atoms with E-state index in [4.69, 9.17) is 0 Å². The second-order valence-electron chi connectivity index (χ2n) is 6.26. The molecule has 0 heterocycles. The van der Waals surface area contributed by atoms with E-state index in [0.29, 0.717) is 11.4 Å². The SMILES string of the molecule is Cc1ccc(S(=O)(=O)N(c2cccc(C)c2)c2cccc(C)c2)cc1. The molecule has 3 aromatic carbocycles. The fourth-order valence-electron chi connectivity index (χ4n) is 2.75. The first kappa shape index (κ1) is 17.2. The number of hydrogen-bond acceptors (Lipinski definition) is 2. The van der Waals surface area contributed by atoms with Crippen LogP contribution in [0.25, 0.3) is 0 Å². The van der Waals surface area contributed by atoms with E-state index in [9.17, 15) is 8.42 Å². The van der Waals surface area contributed by atoms with Crippen molar-refractivity contribution < 1.29 is 8.42 Å². The summed E-state index contributed by atoms with van der Waals surface area (Å²) in [5.41, 5.74) is 4.30. The van der Waals surface area contributed by atoms with E-state index in [0.717, 1.165) is 16.7 Å². The lowest BCUT2D eigenvalue weighted by atomic mass is 10.2. The lowest BCUT2D eigenvalue weighted by molar-refractivity contribution is 0.596. The van der Waals surface area contributed by atoms with Gasteiger partial charge in [-0.15, -0.1) is 0 Å². The molecule has 0 aliphatic carbocycles. The predicted molar refractivity (Wildman–Crippen MR) is 103 cm³/mol. The highest BCUT2D eigenvalue weighted by molar-refractivity contribution is 7.93. The summed E-state index contributed by atoms with van der Waals surface area (Å²) >= 11 is 0. The summed E-state index contributed by atoms with van der Waals surface area (Å²) in [6, 6.07) is 22.0. The Hall–Kier alpha value is -2.59. The summed E-state index contributed by atoms with van der Waals surface area (Å²) in [4.78, 5) is 0.279. The fraction of sp³-hybridized carbons (Fsp3) is 0.143. The van der Waals surface area contributed by atoms with Crippen LogP contribution in [0.2, 0.25) is 0 Å². The van der Waals surface area contributed by atoms with Crippen LogP contribution < -0.4 is 4.31 Å². The smallest absolute Gasteiger partial charge is 0.235 e. The van der Waals surface area contributed by atoms with Gasteiger partial charge in [-0.25, -0.2) is 12.7 Å². The van der Waals surface area contributed by atoms with Crippen molar-refractivity contribution in [2.75, 3.05) is 4.31 Å². The zero-order chi connectivity index (χ0) is 18.0. The number of nitrogens with zero attached hydrogens (tertiary/aromatic N) is 1.